The molecule has 1 N–H and O–H groups in total. The van der Waals surface area contributed by atoms with Crippen molar-refractivity contribution in [2.75, 3.05) is 6.61 Å². The van der Waals surface area contributed by atoms with Gasteiger partial charge >= 0.3 is 0 Å². The first-order chi connectivity index (χ1) is 12.0. The number of aromatic amines is 1. The van der Waals surface area contributed by atoms with Crippen LogP contribution in [0.25, 0.3) is 22.3 Å². The van der Waals surface area contributed by atoms with Crippen LogP contribution in [-0.2, 0) is 6.42 Å². The van der Waals surface area contributed by atoms with Gasteiger partial charge < -0.3 is 14.3 Å². The third-order valence-electron chi connectivity index (χ3n) is 4.54. The van der Waals surface area contributed by atoms with Gasteiger partial charge in [0, 0.05) is 17.9 Å². The summed E-state index contributed by atoms with van der Waals surface area (Å²) in [5.74, 6) is 0.631. The van der Waals surface area contributed by atoms with Crippen LogP contribution in [0.2, 0.25) is 0 Å². The van der Waals surface area contributed by atoms with Crippen LogP contribution in [0.15, 0.2) is 24.4 Å². The molecule has 132 valence electrons. The van der Waals surface area contributed by atoms with Crippen molar-refractivity contribution in [3.63, 3.8) is 0 Å². The Morgan fingerprint density at radius 1 is 1.32 bits per heavy atom. The number of nitrogens with zero attached hydrogens (tertiary/aromatic N) is 2. The predicted molar refractivity (Wildman–Crippen MR) is 106 cm³/mol. The van der Waals surface area contributed by atoms with Crippen molar-refractivity contribution in [2.24, 2.45) is 0 Å². The Morgan fingerprint density at radius 3 is 2.72 bits per heavy atom. The van der Waals surface area contributed by atoms with E-state index in [9.17, 15) is 0 Å². The molecule has 0 saturated heterocycles. The summed E-state index contributed by atoms with van der Waals surface area (Å²) in [6.45, 7) is 11.3. The van der Waals surface area contributed by atoms with E-state index in [1.807, 2.05) is 25.1 Å². The van der Waals surface area contributed by atoms with Crippen molar-refractivity contribution < 1.29 is 4.74 Å². The maximum absolute atomic E-state index is 5.77. The largest absolute Gasteiger partial charge is 0.477 e. The van der Waals surface area contributed by atoms with Crippen LogP contribution >= 0.6 is 12.2 Å². The van der Waals surface area contributed by atoms with Crippen molar-refractivity contribution in [3.8, 4) is 17.1 Å². The van der Waals surface area contributed by atoms with Gasteiger partial charge in [0.2, 0.25) is 5.88 Å². The molecule has 0 amide bonds. The van der Waals surface area contributed by atoms with Gasteiger partial charge in [0.25, 0.3) is 0 Å². The molecule has 4 nitrogen and oxygen atoms in total. The Bertz CT molecular complexity index is 969. The van der Waals surface area contributed by atoms with Crippen molar-refractivity contribution in [1.82, 2.24) is 14.5 Å². The van der Waals surface area contributed by atoms with E-state index in [2.05, 4.69) is 42.2 Å². The fourth-order valence-corrected chi connectivity index (χ4v) is 3.84. The van der Waals surface area contributed by atoms with Crippen molar-refractivity contribution >= 4 is 23.3 Å². The summed E-state index contributed by atoms with van der Waals surface area (Å²) in [7, 11) is 0. The lowest BCUT2D eigenvalue weighted by molar-refractivity contribution is 0.328. The Morgan fingerprint density at radius 2 is 2.08 bits per heavy atom. The monoisotopic (exact) mass is 355 g/mol. The summed E-state index contributed by atoms with van der Waals surface area (Å²) < 4.78 is 8.91. The molecule has 0 saturated carbocycles. The second-order valence-corrected chi connectivity index (χ2v) is 6.89. The highest BCUT2D eigenvalue weighted by molar-refractivity contribution is 7.71. The van der Waals surface area contributed by atoms with Crippen molar-refractivity contribution in [2.45, 2.75) is 47.1 Å². The van der Waals surface area contributed by atoms with Crippen LogP contribution in [0, 0.1) is 11.4 Å². The Hall–Kier alpha value is -2.14. The van der Waals surface area contributed by atoms with E-state index >= 15 is 0 Å². The van der Waals surface area contributed by atoms with E-state index in [4.69, 9.17) is 17.0 Å². The summed E-state index contributed by atoms with van der Waals surface area (Å²) in [6, 6.07) is 6.32. The Labute approximate surface area is 153 Å². The van der Waals surface area contributed by atoms with Crippen LogP contribution in [-0.4, -0.2) is 21.1 Å². The van der Waals surface area contributed by atoms with Gasteiger partial charge in [0.1, 0.15) is 0 Å². The maximum Gasteiger partial charge on any atom is 0.222 e. The zero-order valence-corrected chi connectivity index (χ0v) is 16.3. The lowest BCUT2D eigenvalue weighted by atomic mass is 10.1. The van der Waals surface area contributed by atoms with Crippen LogP contribution in [0.5, 0.6) is 5.88 Å². The summed E-state index contributed by atoms with van der Waals surface area (Å²) >= 11 is 5.77. The number of hydrogen-bond acceptors (Lipinski definition) is 3. The molecule has 0 atom stereocenters. The second-order valence-electron chi connectivity index (χ2n) is 6.45. The van der Waals surface area contributed by atoms with Gasteiger partial charge in [-0.15, -0.1) is 0 Å². The maximum atomic E-state index is 5.77. The van der Waals surface area contributed by atoms with E-state index < -0.39 is 0 Å². The fourth-order valence-electron chi connectivity index (χ4n) is 3.52. The minimum absolute atomic E-state index is 0.365. The highest BCUT2D eigenvalue weighted by Crippen LogP contribution is 2.33. The summed E-state index contributed by atoms with van der Waals surface area (Å²) in [4.78, 5) is 7.96. The molecule has 0 spiro atoms. The lowest BCUT2D eigenvalue weighted by Crippen LogP contribution is -2.05. The topological polar surface area (TPSA) is 42.8 Å². The molecule has 3 aromatic heterocycles. The van der Waals surface area contributed by atoms with E-state index in [-0.39, 0.29) is 0 Å². The number of fused-ring (bicyclic) bond motifs is 1. The number of hydrogen-bond donors (Lipinski definition) is 1. The summed E-state index contributed by atoms with van der Waals surface area (Å²) in [6.07, 6.45) is 2.73. The minimum atomic E-state index is 0.365. The van der Waals surface area contributed by atoms with Gasteiger partial charge in [-0.2, -0.15) is 0 Å². The normalized spacial score (nSPS) is 11.4. The average Bonchev–Trinajstić information content (AvgIpc) is 2.88. The van der Waals surface area contributed by atoms with E-state index in [1.165, 1.54) is 11.3 Å². The molecule has 3 heterocycles. The van der Waals surface area contributed by atoms with Crippen molar-refractivity contribution in [3.05, 3.63) is 40.2 Å². The van der Waals surface area contributed by atoms with Gasteiger partial charge in [0.15, 0.2) is 0 Å². The SMILES string of the molecule is CCOc1ncccc1-c1cc(=S)c2c([nH]1)c(C)c(CC)n2C(C)C. The van der Waals surface area contributed by atoms with E-state index in [1.54, 1.807) is 6.20 Å². The highest BCUT2D eigenvalue weighted by Gasteiger charge is 2.18. The predicted octanol–water partition coefficient (Wildman–Crippen LogP) is 5.61. The molecule has 0 unspecified atom stereocenters. The number of nitrogens with one attached hydrogen (secondary N) is 1. The number of pyridine rings is 2. The number of H-pyrrole nitrogens is 1. The van der Waals surface area contributed by atoms with Crippen LogP contribution in [0.3, 0.4) is 0 Å². The van der Waals surface area contributed by atoms with Crippen LogP contribution < -0.4 is 4.74 Å². The first-order valence-electron chi connectivity index (χ1n) is 8.84. The van der Waals surface area contributed by atoms with Gasteiger partial charge in [-0.05, 0) is 57.9 Å². The molecule has 5 heteroatoms. The molecule has 0 bridgehead atoms. The lowest BCUT2D eigenvalue weighted by Gasteiger charge is -2.14. The molecule has 25 heavy (non-hydrogen) atoms. The fraction of sp³-hybridized carbons (Fsp3) is 0.400. The quantitative estimate of drug-likeness (QED) is 0.605. The number of aromatic nitrogens is 3. The van der Waals surface area contributed by atoms with Gasteiger partial charge in [0.05, 0.1) is 33.4 Å². The number of aryl methyl sites for hydroxylation is 1. The smallest absolute Gasteiger partial charge is 0.222 e. The molecule has 3 aromatic rings. The number of ether oxygens (including phenoxy) is 1. The molecule has 0 aliphatic carbocycles. The summed E-state index contributed by atoms with van der Waals surface area (Å²) in [5, 5.41) is 0. The second kappa shape index (κ2) is 7.00. The molecule has 0 aliphatic heterocycles. The molecule has 3 rings (SSSR count). The minimum Gasteiger partial charge on any atom is -0.477 e. The van der Waals surface area contributed by atoms with E-state index in [0.29, 0.717) is 18.5 Å². The number of rotatable bonds is 5. The Balaban J connectivity index is 2.32. The third-order valence-corrected chi connectivity index (χ3v) is 4.85. The standard InChI is InChI=1S/C20H25N3OS/c1-6-16-13(5)18-19(23(16)12(3)4)17(25)11-15(22-18)14-9-8-10-21-20(14)24-7-2/h8-12H,6-7H2,1-5H3,(H,22,25). The van der Waals surface area contributed by atoms with Gasteiger partial charge in [-0.3, -0.25) is 0 Å². The molecular weight excluding hydrogens is 330 g/mol. The van der Waals surface area contributed by atoms with Gasteiger partial charge in [-0.25, -0.2) is 4.98 Å². The molecule has 0 radical (unpaired) electrons. The molecule has 0 aromatic carbocycles. The van der Waals surface area contributed by atoms with Gasteiger partial charge in [-0.1, -0.05) is 19.1 Å². The Kier molecular flexibility index (Phi) is 4.95. The average molecular weight is 356 g/mol. The zero-order chi connectivity index (χ0) is 18.1. The first kappa shape index (κ1) is 17.7. The molecule has 0 aliphatic rings. The highest BCUT2D eigenvalue weighted by atomic mass is 32.1. The van der Waals surface area contributed by atoms with Crippen LogP contribution in [0.1, 0.15) is 45.0 Å². The first-order valence-corrected chi connectivity index (χ1v) is 9.25. The third kappa shape index (κ3) is 2.97. The van der Waals surface area contributed by atoms with Crippen molar-refractivity contribution in [1.29, 1.82) is 0 Å². The zero-order valence-electron chi connectivity index (χ0n) is 15.5. The van der Waals surface area contributed by atoms with E-state index in [0.717, 1.165) is 33.2 Å². The molecular formula is C20H25N3OS. The molecule has 0 fully saturated rings. The van der Waals surface area contributed by atoms with Crippen LogP contribution in [0.4, 0.5) is 0 Å². The summed E-state index contributed by atoms with van der Waals surface area (Å²) in [5.41, 5.74) is 6.71.